The van der Waals surface area contributed by atoms with Gasteiger partial charge in [0.1, 0.15) is 0 Å². The maximum atomic E-state index is 4.21. The topological polar surface area (TPSA) is 12.0 Å². The minimum absolute atomic E-state index is 0.557. The molecule has 21 heavy (non-hydrogen) atoms. The predicted octanol–water partition coefficient (Wildman–Crippen LogP) is 5.80. The summed E-state index contributed by atoms with van der Waals surface area (Å²) in [6, 6.07) is 0. The molecule has 1 fully saturated rings. The fourth-order valence-electron chi connectivity index (χ4n) is 3.32. The highest BCUT2D eigenvalue weighted by Crippen LogP contribution is 2.33. The molecule has 0 aromatic carbocycles. The molecule has 1 rings (SSSR count). The van der Waals surface area contributed by atoms with Gasteiger partial charge in [0.2, 0.25) is 0 Å². The molecule has 0 bridgehead atoms. The molecule has 1 unspecified atom stereocenters. The Hall–Kier alpha value is -0.260. The van der Waals surface area contributed by atoms with Gasteiger partial charge in [-0.2, -0.15) is 0 Å². The van der Waals surface area contributed by atoms with Gasteiger partial charge in [-0.3, -0.25) is 0 Å². The molecule has 1 nitrogen and oxygen atoms in total. The van der Waals surface area contributed by atoms with Crippen molar-refractivity contribution in [1.82, 2.24) is 5.09 Å². The lowest BCUT2D eigenvalue weighted by Gasteiger charge is -2.16. The van der Waals surface area contributed by atoms with Crippen LogP contribution < -0.4 is 5.09 Å². The first kappa shape index (κ1) is 18.8. The minimum Gasteiger partial charge on any atom is -0.302 e. The van der Waals surface area contributed by atoms with Crippen molar-refractivity contribution in [3.8, 4) is 0 Å². The molecule has 0 spiro atoms. The summed E-state index contributed by atoms with van der Waals surface area (Å²) in [4.78, 5) is 0. The molecule has 1 saturated carbocycles. The van der Waals surface area contributed by atoms with E-state index in [1.165, 1.54) is 63.1 Å². The Balaban J connectivity index is 2.66. The lowest BCUT2D eigenvalue weighted by molar-refractivity contribution is 0.536. The van der Waals surface area contributed by atoms with Crippen LogP contribution in [0.25, 0.3) is 0 Å². The molecule has 0 amide bonds. The summed E-state index contributed by atoms with van der Waals surface area (Å²) in [5.41, 5.74) is 4.87. The van der Waals surface area contributed by atoms with E-state index in [1.54, 1.807) is 11.1 Å². The van der Waals surface area contributed by atoms with E-state index in [9.17, 15) is 0 Å². The first-order valence-corrected chi connectivity index (χ1v) is 10.7. The Kier molecular flexibility index (Phi) is 9.36. The van der Waals surface area contributed by atoms with Crippen LogP contribution in [0.1, 0.15) is 72.1 Å². The minimum atomic E-state index is -0.557. The largest absolute Gasteiger partial charge is 0.302 e. The third kappa shape index (κ3) is 7.52. The lowest BCUT2D eigenvalue weighted by atomic mass is 9.91. The van der Waals surface area contributed by atoms with E-state index in [0.29, 0.717) is 0 Å². The van der Waals surface area contributed by atoms with Crippen molar-refractivity contribution in [3.05, 3.63) is 22.8 Å². The van der Waals surface area contributed by atoms with Crippen LogP contribution in [0.15, 0.2) is 22.8 Å². The monoisotopic (exact) mass is 309 g/mol. The predicted molar refractivity (Wildman–Crippen MR) is 102 cm³/mol. The van der Waals surface area contributed by atoms with Crippen LogP contribution in [0, 0.1) is 5.92 Å². The molecule has 122 valence electrons. The Bertz CT molecular complexity index is 382. The molecule has 1 atom stereocenters. The first-order chi connectivity index (χ1) is 10.1. The summed E-state index contributed by atoms with van der Waals surface area (Å²) >= 11 is 0. The van der Waals surface area contributed by atoms with E-state index in [0.717, 1.165) is 5.92 Å². The summed E-state index contributed by atoms with van der Waals surface area (Å²) < 4.78 is 0. The molecule has 0 aromatic heterocycles. The summed E-state index contributed by atoms with van der Waals surface area (Å²) in [6.07, 6.45) is 18.8. The second-order valence-electron chi connectivity index (χ2n) is 6.74. The van der Waals surface area contributed by atoms with Crippen LogP contribution in [0.2, 0.25) is 0 Å². The zero-order valence-corrected chi connectivity index (χ0v) is 15.7. The molecule has 1 aliphatic rings. The van der Waals surface area contributed by atoms with E-state index in [1.807, 2.05) is 7.05 Å². The summed E-state index contributed by atoms with van der Waals surface area (Å²) in [7, 11) is 1.49. The fraction of sp³-hybridized carbons (Fsp3) is 0.737. The van der Waals surface area contributed by atoms with Gasteiger partial charge in [0, 0.05) is 0 Å². The molecular formula is C19H36NP. The maximum Gasteiger partial charge on any atom is -0.0106 e. The third-order valence-corrected chi connectivity index (χ3v) is 6.43. The zero-order valence-electron chi connectivity index (χ0n) is 14.7. The molecule has 1 aliphatic carbocycles. The van der Waals surface area contributed by atoms with Gasteiger partial charge >= 0.3 is 0 Å². The van der Waals surface area contributed by atoms with Gasteiger partial charge in [-0.15, -0.1) is 0 Å². The highest BCUT2D eigenvalue weighted by Gasteiger charge is 2.17. The third-order valence-electron chi connectivity index (χ3n) is 4.83. The molecule has 0 aromatic rings. The second-order valence-corrected chi connectivity index (χ2v) is 8.95. The molecular weight excluding hydrogens is 273 g/mol. The van der Waals surface area contributed by atoms with Crippen LogP contribution in [0.4, 0.5) is 0 Å². The lowest BCUT2D eigenvalue weighted by Crippen LogP contribution is -2.00. The van der Waals surface area contributed by atoms with Crippen molar-refractivity contribution in [2.45, 2.75) is 72.1 Å². The van der Waals surface area contributed by atoms with Crippen LogP contribution in [0.3, 0.4) is 0 Å². The normalized spacial score (nSPS) is 18.0. The van der Waals surface area contributed by atoms with Crippen molar-refractivity contribution >= 4 is 14.0 Å². The molecule has 0 saturated heterocycles. The smallest absolute Gasteiger partial charge is 0.0106 e. The van der Waals surface area contributed by atoms with Gasteiger partial charge in [0.25, 0.3) is 0 Å². The maximum absolute atomic E-state index is 4.21. The van der Waals surface area contributed by atoms with Gasteiger partial charge < -0.3 is 5.09 Å². The standard InChI is InChI=1S/C19H36NP/c1-6-19(16(2)3)15-18(12-9-13-21(5)20-4)14-17-10-7-8-11-17/h12,17,20-21H,5-11,13-15H2,1-4H3/b18-12+. The Morgan fingerprint density at radius 3 is 2.48 bits per heavy atom. The van der Waals surface area contributed by atoms with Crippen molar-refractivity contribution in [2.24, 2.45) is 5.92 Å². The van der Waals surface area contributed by atoms with E-state index in [-0.39, 0.29) is 0 Å². The highest BCUT2D eigenvalue weighted by molar-refractivity contribution is 7.53. The van der Waals surface area contributed by atoms with E-state index >= 15 is 0 Å². The number of nitrogens with one attached hydrogen (secondary N) is 1. The van der Waals surface area contributed by atoms with Gasteiger partial charge in [-0.25, -0.2) is 0 Å². The van der Waals surface area contributed by atoms with Crippen LogP contribution in [-0.4, -0.2) is 19.5 Å². The molecule has 1 N–H and O–H groups in total. The van der Waals surface area contributed by atoms with Crippen LogP contribution in [0.5, 0.6) is 0 Å². The molecule has 2 heteroatoms. The Morgan fingerprint density at radius 2 is 1.95 bits per heavy atom. The quantitative estimate of drug-likeness (QED) is 0.419. The highest BCUT2D eigenvalue weighted by atomic mass is 31.1. The van der Waals surface area contributed by atoms with Crippen molar-refractivity contribution < 1.29 is 0 Å². The summed E-state index contributed by atoms with van der Waals surface area (Å²) in [5, 5.41) is 3.33. The number of hydrogen-bond acceptors (Lipinski definition) is 1. The van der Waals surface area contributed by atoms with Crippen molar-refractivity contribution in [3.63, 3.8) is 0 Å². The Labute approximate surface area is 133 Å². The molecule has 0 radical (unpaired) electrons. The van der Waals surface area contributed by atoms with Crippen LogP contribution >= 0.6 is 7.70 Å². The SMILES string of the molecule is C=[PH](CC/C=C(/CC(CC)=C(C)C)CC1CCCC1)NC. The fourth-order valence-corrected chi connectivity index (χ4v) is 4.06. The second kappa shape index (κ2) is 10.5. The van der Waals surface area contributed by atoms with Gasteiger partial charge in [0.05, 0.1) is 0 Å². The van der Waals surface area contributed by atoms with E-state index in [4.69, 9.17) is 0 Å². The Morgan fingerprint density at radius 1 is 1.29 bits per heavy atom. The average molecular weight is 309 g/mol. The van der Waals surface area contributed by atoms with Gasteiger partial charge in [-0.05, 0) is 58.7 Å². The van der Waals surface area contributed by atoms with Crippen molar-refractivity contribution in [1.29, 1.82) is 0 Å². The number of hydrogen-bond donors (Lipinski definition) is 1. The first-order valence-electron chi connectivity index (χ1n) is 8.75. The van der Waals surface area contributed by atoms with E-state index in [2.05, 4.69) is 38.2 Å². The zero-order chi connectivity index (χ0) is 15.7. The summed E-state index contributed by atoms with van der Waals surface area (Å²) in [5.74, 6) is 0.959. The molecule has 0 aliphatic heterocycles. The molecule has 0 heterocycles. The van der Waals surface area contributed by atoms with Crippen LogP contribution in [-0.2, 0) is 0 Å². The van der Waals surface area contributed by atoms with Gasteiger partial charge in [0.15, 0.2) is 0 Å². The summed E-state index contributed by atoms with van der Waals surface area (Å²) in [6.45, 7) is 6.84. The number of rotatable bonds is 9. The van der Waals surface area contributed by atoms with Crippen molar-refractivity contribution in [2.75, 3.05) is 13.2 Å². The van der Waals surface area contributed by atoms with Gasteiger partial charge in [-0.1, -0.05) is 69.4 Å². The van der Waals surface area contributed by atoms with E-state index < -0.39 is 7.70 Å². The number of allylic oxidation sites excluding steroid dienone is 4. The average Bonchev–Trinajstić information content (AvgIpc) is 2.96.